The molecule has 4 aromatic rings. The van der Waals surface area contributed by atoms with Crippen molar-refractivity contribution in [2.24, 2.45) is 14.1 Å². The topological polar surface area (TPSA) is 91.9 Å². The third-order valence-electron chi connectivity index (χ3n) is 7.16. The summed E-state index contributed by atoms with van der Waals surface area (Å²) < 4.78 is 16.2. The van der Waals surface area contributed by atoms with E-state index < -0.39 is 5.79 Å². The fraction of sp³-hybridized carbons (Fsp3) is 0.429. The molecule has 192 valence electrons. The highest BCUT2D eigenvalue weighted by atomic mass is 16.8. The second-order valence-corrected chi connectivity index (χ2v) is 10.5. The predicted molar refractivity (Wildman–Crippen MR) is 142 cm³/mol. The Labute approximate surface area is 216 Å². The van der Waals surface area contributed by atoms with Gasteiger partial charge in [0.1, 0.15) is 11.9 Å². The molecule has 6 rings (SSSR count). The molecule has 9 nitrogen and oxygen atoms in total. The van der Waals surface area contributed by atoms with Gasteiger partial charge >= 0.3 is 0 Å². The molecular formula is C28H33N7O2. The Bertz CT molecular complexity index is 1410. The fourth-order valence-corrected chi connectivity index (χ4v) is 5.44. The van der Waals surface area contributed by atoms with Crippen LogP contribution < -0.4 is 5.32 Å². The molecule has 0 spiro atoms. The Kier molecular flexibility index (Phi) is 6.04. The summed E-state index contributed by atoms with van der Waals surface area (Å²) in [6.07, 6.45) is 13.9. The van der Waals surface area contributed by atoms with Crippen LogP contribution in [0.25, 0.3) is 33.6 Å². The van der Waals surface area contributed by atoms with Crippen LogP contribution in [0.1, 0.15) is 39.5 Å². The van der Waals surface area contributed by atoms with Gasteiger partial charge in [-0.3, -0.25) is 9.36 Å². The van der Waals surface area contributed by atoms with Crippen LogP contribution in [0.15, 0.2) is 55.2 Å². The first-order valence-corrected chi connectivity index (χ1v) is 12.9. The van der Waals surface area contributed by atoms with Gasteiger partial charge < -0.3 is 14.8 Å². The molecule has 1 aromatic carbocycles. The van der Waals surface area contributed by atoms with Crippen LogP contribution >= 0.6 is 0 Å². The molecule has 2 fully saturated rings. The Morgan fingerprint density at radius 2 is 1.62 bits per heavy atom. The van der Waals surface area contributed by atoms with E-state index in [-0.39, 0.29) is 18.2 Å². The maximum absolute atomic E-state index is 6.40. The third-order valence-corrected chi connectivity index (χ3v) is 7.16. The van der Waals surface area contributed by atoms with Crippen molar-refractivity contribution < 1.29 is 9.47 Å². The average molecular weight is 500 g/mol. The van der Waals surface area contributed by atoms with Crippen LogP contribution in [0.5, 0.6) is 0 Å². The summed E-state index contributed by atoms with van der Waals surface area (Å²) in [4.78, 5) is 9.84. The average Bonchev–Trinajstić information content (AvgIpc) is 3.56. The number of benzene rings is 1. The Morgan fingerprint density at radius 3 is 2.38 bits per heavy atom. The van der Waals surface area contributed by atoms with Crippen LogP contribution in [0.2, 0.25) is 0 Å². The minimum Gasteiger partial charge on any atom is -0.364 e. The predicted octanol–water partition coefficient (Wildman–Crippen LogP) is 4.82. The Hall–Kier alpha value is -3.56. The second kappa shape index (κ2) is 9.39. The van der Waals surface area contributed by atoms with Gasteiger partial charge in [-0.2, -0.15) is 10.2 Å². The molecule has 0 radical (unpaired) electrons. The standard InChI is InChI=1S/C28H33N7O2/c1-28(2)36-24-11-6-5-10-23(25(24)37-28)32-27-22(21-14-31-35(4)17-21)15-29-26(33-27)19-9-7-8-18(12-19)20-13-30-34(3)16-20/h7-9,12-17,23-25H,5-6,10-11H2,1-4H3,(H,29,32,33)/t23-,24+,25-/m0/s1. The molecule has 1 N–H and O–H groups in total. The van der Waals surface area contributed by atoms with Crippen molar-refractivity contribution in [3.63, 3.8) is 0 Å². The number of anilines is 1. The first-order chi connectivity index (χ1) is 17.8. The Morgan fingerprint density at radius 1 is 0.892 bits per heavy atom. The highest BCUT2D eigenvalue weighted by Crippen LogP contribution is 2.38. The number of nitrogens with zero attached hydrogens (tertiary/aromatic N) is 6. The van der Waals surface area contributed by atoms with Gasteiger partial charge in [0, 0.05) is 54.9 Å². The van der Waals surface area contributed by atoms with E-state index in [1.54, 1.807) is 9.36 Å². The van der Waals surface area contributed by atoms with Crippen molar-refractivity contribution >= 4 is 5.82 Å². The number of ether oxygens (including phenoxy) is 2. The number of fused-ring (bicyclic) bond motifs is 1. The van der Waals surface area contributed by atoms with Gasteiger partial charge in [-0.1, -0.05) is 31.0 Å². The van der Waals surface area contributed by atoms with Crippen molar-refractivity contribution in [1.29, 1.82) is 0 Å². The van der Waals surface area contributed by atoms with E-state index in [2.05, 4.69) is 27.6 Å². The number of nitrogens with one attached hydrogen (secondary N) is 1. The number of rotatable bonds is 5. The smallest absolute Gasteiger partial charge is 0.163 e. The molecule has 0 unspecified atom stereocenters. The van der Waals surface area contributed by atoms with Crippen LogP contribution in [-0.2, 0) is 23.6 Å². The summed E-state index contributed by atoms with van der Waals surface area (Å²) in [6, 6.07) is 8.34. The lowest BCUT2D eigenvalue weighted by molar-refractivity contribution is -0.148. The number of hydrogen-bond acceptors (Lipinski definition) is 7. The van der Waals surface area contributed by atoms with E-state index in [4.69, 9.17) is 19.4 Å². The molecule has 1 aliphatic heterocycles. The van der Waals surface area contributed by atoms with Gasteiger partial charge in [0.25, 0.3) is 0 Å². The van der Waals surface area contributed by atoms with Crippen molar-refractivity contribution in [3.8, 4) is 33.6 Å². The first kappa shape index (κ1) is 23.8. The molecule has 0 amide bonds. The van der Waals surface area contributed by atoms with Crippen LogP contribution in [0.3, 0.4) is 0 Å². The van der Waals surface area contributed by atoms with Crippen molar-refractivity contribution in [3.05, 3.63) is 55.2 Å². The van der Waals surface area contributed by atoms with Crippen LogP contribution in [0.4, 0.5) is 5.82 Å². The molecule has 37 heavy (non-hydrogen) atoms. The van der Waals surface area contributed by atoms with Gasteiger partial charge in [-0.05, 0) is 38.3 Å². The second-order valence-electron chi connectivity index (χ2n) is 10.5. The lowest BCUT2D eigenvalue weighted by atomic mass is 10.0. The van der Waals surface area contributed by atoms with E-state index in [0.717, 1.165) is 59.3 Å². The third kappa shape index (κ3) is 4.89. The van der Waals surface area contributed by atoms with Gasteiger partial charge in [0.05, 0.1) is 24.5 Å². The Balaban J connectivity index is 1.38. The highest BCUT2D eigenvalue weighted by molar-refractivity contribution is 5.76. The summed E-state index contributed by atoms with van der Waals surface area (Å²) in [5.74, 6) is 0.862. The molecule has 1 saturated carbocycles. The summed E-state index contributed by atoms with van der Waals surface area (Å²) in [7, 11) is 3.83. The number of aryl methyl sites for hydroxylation is 2. The molecule has 3 atom stereocenters. The number of hydrogen-bond donors (Lipinski definition) is 1. The van der Waals surface area contributed by atoms with E-state index in [0.29, 0.717) is 5.82 Å². The van der Waals surface area contributed by atoms with Crippen molar-refractivity contribution in [2.45, 2.75) is 63.6 Å². The summed E-state index contributed by atoms with van der Waals surface area (Å²) in [5.41, 5.74) is 4.96. The van der Waals surface area contributed by atoms with Gasteiger partial charge in [0.15, 0.2) is 11.6 Å². The lowest BCUT2D eigenvalue weighted by Crippen LogP contribution is -2.39. The molecule has 3 aromatic heterocycles. The van der Waals surface area contributed by atoms with Crippen molar-refractivity contribution in [2.75, 3.05) is 5.32 Å². The van der Waals surface area contributed by atoms with Gasteiger partial charge in [-0.15, -0.1) is 0 Å². The summed E-state index contributed by atoms with van der Waals surface area (Å²) >= 11 is 0. The maximum Gasteiger partial charge on any atom is 0.163 e. The zero-order valence-corrected chi connectivity index (χ0v) is 21.8. The summed E-state index contributed by atoms with van der Waals surface area (Å²) in [6.45, 7) is 4.00. The molecule has 9 heteroatoms. The molecule has 1 aliphatic carbocycles. The summed E-state index contributed by atoms with van der Waals surface area (Å²) in [5, 5.41) is 12.4. The van der Waals surface area contributed by atoms with Gasteiger partial charge in [0.2, 0.25) is 0 Å². The van der Waals surface area contributed by atoms with Crippen molar-refractivity contribution in [1.82, 2.24) is 29.5 Å². The fourth-order valence-electron chi connectivity index (χ4n) is 5.44. The van der Waals surface area contributed by atoms with Gasteiger partial charge in [-0.25, -0.2) is 9.97 Å². The first-order valence-electron chi connectivity index (χ1n) is 12.9. The van der Waals surface area contributed by atoms with E-state index in [9.17, 15) is 0 Å². The lowest BCUT2D eigenvalue weighted by Gasteiger charge is -2.27. The molecule has 0 bridgehead atoms. The van der Waals surface area contributed by atoms with Crippen LogP contribution in [0, 0.1) is 0 Å². The quantitative estimate of drug-likeness (QED) is 0.421. The minimum absolute atomic E-state index is 0.0356. The van der Waals surface area contributed by atoms with E-state index in [1.165, 1.54) is 0 Å². The molecule has 1 saturated heterocycles. The van der Waals surface area contributed by atoms with E-state index in [1.807, 2.05) is 71.1 Å². The van der Waals surface area contributed by atoms with E-state index >= 15 is 0 Å². The highest BCUT2D eigenvalue weighted by Gasteiger charge is 2.46. The molecular weight excluding hydrogens is 466 g/mol. The minimum atomic E-state index is -0.581. The monoisotopic (exact) mass is 499 g/mol. The molecule has 2 aliphatic rings. The largest absolute Gasteiger partial charge is 0.364 e. The zero-order valence-electron chi connectivity index (χ0n) is 21.8. The normalized spacial score (nSPS) is 23.0. The molecule has 4 heterocycles. The number of aromatic nitrogens is 6. The SMILES string of the molecule is Cn1cc(-c2cccc(-c3ncc(-c4cnn(C)c4)c(N[C@H]4CCCC[C@H]5OC(C)(C)O[C@@H]45)n3)c2)cn1. The van der Waals surface area contributed by atoms with Crippen LogP contribution in [-0.4, -0.2) is 53.6 Å². The maximum atomic E-state index is 6.40. The zero-order chi connectivity index (χ0) is 25.6.